The SMILES string of the molecule is O=C(NCCC1CCN(Cc2ccccc2)CC1)c1cnc2ccccc2c1. The van der Waals surface area contributed by atoms with Crippen molar-refractivity contribution in [1.29, 1.82) is 0 Å². The molecule has 4 nitrogen and oxygen atoms in total. The van der Waals surface area contributed by atoms with E-state index in [2.05, 4.69) is 45.5 Å². The number of carbonyl (C=O) groups is 1. The van der Waals surface area contributed by atoms with Gasteiger partial charge in [-0.25, -0.2) is 0 Å². The number of benzene rings is 2. The average Bonchev–Trinajstić information content (AvgIpc) is 2.75. The molecule has 3 aromatic rings. The van der Waals surface area contributed by atoms with Gasteiger partial charge in [0.05, 0.1) is 11.1 Å². The Morgan fingerprint density at radius 2 is 1.79 bits per heavy atom. The molecule has 1 fully saturated rings. The maximum atomic E-state index is 12.4. The summed E-state index contributed by atoms with van der Waals surface area (Å²) in [5.41, 5.74) is 2.94. The van der Waals surface area contributed by atoms with Gasteiger partial charge in [-0.15, -0.1) is 0 Å². The molecule has 0 bridgehead atoms. The maximum Gasteiger partial charge on any atom is 0.252 e. The second-order valence-corrected chi connectivity index (χ2v) is 7.67. The molecular weight excluding hydrogens is 346 g/mol. The van der Waals surface area contributed by atoms with Gasteiger partial charge >= 0.3 is 0 Å². The van der Waals surface area contributed by atoms with E-state index in [0.29, 0.717) is 11.5 Å². The summed E-state index contributed by atoms with van der Waals surface area (Å²) >= 11 is 0. The summed E-state index contributed by atoms with van der Waals surface area (Å²) in [5, 5.41) is 4.07. The van der Waals surface area contributed by atoms with Gasteiger partial charge in [-0.3, -0.25) is 14.7 Å². The van der Waals surface area contributed by atoms with Crippen molar-refractivity contribution in [3.05, 3.63) is 78.0 Å². The number of para-hydroxylation sites is 1. The highest BCUT2D eigenvalue weighted by Gasteiger charge is 2.19. The van der Waals surface area contributed by atoms with Crippen molar-refractivity contribution in [3.8, 4) is 0 Å². The van der Waals surface area contributed by atoms with Gasteiger partial charge in [0.1, 0.15) is 0 Å². The first-order valence-electron chi connectivity index (χ1n) is 10.2. The van der Waals surface area contributed by atoms with Crippen LogP contribution in [0.1, 0.15) is 35.2 Å². The lowest BCUT2D eigenvalue weighted by molar-refractivity contribution is 0.0947. The Hall–Kier alpha value is -2.72. The van der Waals surface area contributed by atoms with Crippen LogP contribution < -0.4 is 5.32 Å². The molecule has 1 N–H and O–H groups in total. The van der Waals surface area contributed by atoms with E-state index in [4.69, 9.17) is 0 Å². The third-order valence-corrected chi connectivity index (χ3v) is 5.65. The first-order chi connectivity index (χ1) is 13.8. The van der Waals surface area contributed by atoms with Gasteiger partial charge in [0.2, 0.25) is 0 Å². The highest BCUT2D eigenvalue weighted by atomic mass is 16.1. The van der Waals surface area contributed by atoms with Crippen molar-refractivity contribution < 1.29 is 4.79 Å². The van der Waals surface area contributed by atoms with Crippen LogP contribution in [-0.4, -0.2) is 35.4 Å². The largest absolute Gasteiger partial charge is 0.352 e. The summed E-state index contributed by atoms with van der Waals surface area (Å²) in [6.07, 6.45) is 5.13. The highest BCUT2D eigenvalue weighted by molar-refractivity contribution is 5.97. The Morgan fingerprint density at radius 3 is 2.61 bits per heavy atom. The second kappa shape index (κ2) is 8.98. The van der Waals surface area contributed by atoms with Crippen LogP contribution in [0.15, 0.2) is 66.9 Å². The number of aromatic nitrogens is 1. The first-order valence-corrected chi connectivity index (χ1v) is 10.2. The van der Waals surface area contributed by atoms with Gasteiger partial charge in [0.25, 0.3) is 5.91 Å². The van der Waals surface area contributed by atoms with Crippen LogP contribution in [0.2, 0.25) is 0 Å². The number of amides is 1. The third-order valence-electron chi connectivity index (χ3n) is 5.65. The third kappa shape index (κ3) is 4.76. The monoisotopic (exact) mass is 373 g/mol. The van der Waals surface area contributed by atoms with Crippen LogP contribution in [0.25, 0.3) is 10.9 Å². The van der Waals surface area contributed by atoms with E-state index in [9.17, 15) is 4.79 Å². The van der Waals surface area contributed by atoms with Crippen LogP contribution >= 0.6 is 0 Å². The van der Waals surface area contributed by atoms with Crippen molar-refractivity contribution in [1.82, 2.24) is 15.2 Å². The number of likely N-dealkylation sites (tertiary alicyclic amines) is 1. The summed E-state index contributed by atoms with van der Waals surface area (Å²) in [7, 11) is 0. The minimum absolute atomic E-state index is 0.0280. The number of carbonyl (C=O) groups excluding carboxylic acids is 1. The molecule has 4 rings (SSSR count). The minimum Gasteiger partial charge on any atom is -0.352 e. The zero-order chi connectivity index (χ0) is 19.2. The number of piperidine rings is 1. The lowest BCUT2D eigenvalue weighted by Gasteiger charge is -2.32. The zero-order valence-corrected chi connectivity index (χ0v) is 16.2. The summed E-state index contributed by atoms with van der Waals surface area (Å²) in [4.78, 5) is 19.3. The number of pyridine rings is 1. The predicted octanol–water partition coefficient (Wildman–Crippen LogP) is 4.27. The smallest absolute Gasteiger partial charge is 0.252 e. The molecule has 0 aliphatic carbocycles. The Labute approximate surface area is 166 Å². The Bertz CT molecular complexity index is 917. The van der Waals surface area contributed by atoms with Crippen LogP contribution in [0.3, 0.4) is 0 Å². The topological polar surface area (TPSA) is 45.2 Å². The summed E-state index contributed by atoms with van der Waals surface area (Å²) in [6.45, 7) is 4.05. The van der Waals surface area contributed by atoms with Gasteiger partial charge in [0.15, 0.2) is 0 Å². The quantitative estimate of drug-likeness (QED) is 0.702. The minimum atomic E-state index is -0.0280. The zero-order valence-electron chi connectivity index (χ0n) is 16.2. The molecule has 1 aromatic heterocycles. The summed E-state index contributed by atoms with van der Waals surface area (Å²) in [5.74, 6) is 0.668. The molecular formula is C24H27N3O. The van der Waals surface area contributed by atoms with Crippen LogP contribution in [-0.2, 0) is 6.54 Å². The number of nitrogens with zero attached hydrogens (tertiary/aromatic N) is 2. The van der Waals surface area contributed by atoms with Crippen molar-refractivity contribution >= 4 is 16.8 Å². The molecule has 144 valence electrons. The van der Waals surface area contributed by atoms with E-state index >= 15 is 0 Å². The van der Waals surface area contributed by atoms with Gasteiger partial charge in [-0.2, -0.15) is 0 Å². The van der Waals surface area contributed by atoms with E-state index in [1.54, 1.807) is 6.20 Å². The molecule has 0 saturated carbocycles. The molecule has 0 atom stereocenters. The molecule has 0 spiro atoms. The molecule has 28 heavy (non-hydrogen) atoms. The van der Waals surface area contributed by atoms with E-state index < -0.39 is 0 Å². The van der Waals surface area contributed by atoms with Gasteiger partial charge in [-0.1, -0.05) is 48.5 Å². The predicted molar refractivity (Wildman–Crippen MR) is 113 cm³/mol. The molecule has 0 radical (unpaired) electrons. The molecule has 0 unspecified atom stereocenters. The summed E-state index contributed by atoms with van der Waals surface area (Å²) in [6, 6.07) is 20.5. The molecule has 2 aromatic carbocycles. The molecule has 1 aliphatic heterocycles. The normalized spacial score (nSPS) is 15.6. The van der Waals surface area contributed by atoms with Crippen molar-refractivity contribution in [2.75, 3.05) is 19.6 Å². The molecule has 1 amide bonds. The number of hydrogen-bond acceptors (Lipinski definition) is 3. The second-order valence-electron chi connectivity index (χ2n) is 7.67. The van der Waals surface area contributed by atoms with Gasteiger partial charge in [-0.05, 0) is 56.0 Å². The summed E-state index contributed by atoms with van der Waals surface area (Å²) < 4.78 is 0. The number of fused-ring (bicyclic) bond motifs is 1. The number of rotatable bonds is 6. The number of nitrogens with one attached hydrogen (secondary N) is 1. The Balaban J connectivity index is 1.20. The lowest BCUT2D eigenvalue weighted by atomic mass is 9.93. The maximum absolute atomic E-state index is 12.4. The van der Waals surface area contributed by atoms with Crippen molar-refractivity contribution in [2.45, 2.75) is 25.8 Å². The Kier molecular flexibility index (Phi) is 5.98. The average molecular weight is 374 g/mol. The standard InChI is InChI=1S/C24H27N3O/c28-24(22-16-21-8-4-5-9-23(21)26-17-22)25-13-10-19-11-14-27(15-12-19)18-20-6-2-1-3-7-20/h1-9,16-17,19H,10-15,18H2,(H,25,28). The van der Waals surface area contributed by atoms with E-state index in [1.165, 1.54) is 18.4 Å². The van der Waals surface area contributed by atoms with Crippen LogP contribution in [0.4, 0.5) is 0 Å². The van der Waals surface area contributed by atoms with Crippen LogP contribution in [0.5, 0.6) is 0 Å². The van der Waals surface area contributed by atoms with Gasteiger partial charge in [0, 0.05) is 24.7 Å². The fourth-order valence-electron chi connectivity index (χ4n) is 3.96. The molecule has 1 saturated heterocycles. The molecule has 4 heteroatoms. The lowest BCUT2D eigenvalue weighted by Crippen LogP contribution is -2.34. The van der Waals surface area contributed by atoms with Crippen molar-refractivity contribution in [2.24, 2.45) is 5.92 Å². The first kappa shape index (κ1) is 18.6. The Morgan fingerprint density at radius 1 is 1.04 bits per heavy atom. The number of hydrogen-bond donors (Lipinski definition) is 1. The van der Waals surface area contributed by atoms with E-state index in [0.717, 1.165) is 43.5 Å². The fourth-order valence-corrected chi connectivity index (χ4v) is 3.96. The van der Waals surface area contributed by atoms with E-state index in [-0.39, 0.29) is 5.91 Å². The van der Waals surface area contributed by atoms with Crippen molar-refractivity contribution in [3.63, 3.8) is 0 Å². The van der Waals surface area contributed by atoms with Gasteiger partial charge < -0.3 is 5.32 Å². The molecule has 1 aliphatic rings. The molecule has 2 heterocycles. The van der Waals surface area contributed by atoms with Crippen LogP contribution in [0, 0.1) is 5.92 Å². The fraction of sp³-hybridized carbons (Fsp3) is 0.333. The van der Waals surface area contributed by atoms with E-state index in [1.807, 2.05) is 30.3 Å². The highest BCUT2D eigenvalue weighted by Crippen LogP contribution is 2.21.